The minimum Gasteiger partial charge on any atom is -0.508 e. The number of nitrogens with zero attached hydrogens (tertiary/aromatic N) is 1. The molecule has 2 aromatic rings. The summed E-state index contributed by atoms with van der Waals surface area (Å²) >= 11 is 0. The Morgan fingerprint density at radius 2 is 1.71 bits per heavy atom. The third-order valence-corrected chi connectivity index (χ3v) is 1.93. The van der Waals surface area contributed by atoms with Gasteiger partial charge in [0.05, 0.1) is 5.69 Å². The molecule has 70 valence electrons. The largest absolute Gasteiger partial charge is 0.508 e. The molecule has 3 N–H and O–H groups in total. The number of aromatic nitrogens is 1. The van der Waals surface area contributed by atoms with Gasteiger partial charge in [0.15, 0.2) is 0 Å². The van der Waals surface area contributed by atoms with Crippen LogP contribution in [0.2, 0.25) is 0 Å². The van der Waals surface area contributed by atoms with Crippen molar-refractivity contribution in [3.8, 4) is 17.0 Å². The van der Waals surface area contributed by atoms with Crippen molar-refractivity contribution in [2.24, 2.45) is 0 Å². The Morgan fingerprint density at radius 3 is 2.36 bits per heavy atom. The molecule has 14 heavy (non-hydrogen) atoms. The standard InChI is InChI=1S/C11H10N2O/c12-11-3-1-2-10(13-11)8-4-6-9(14)7-5-8/h1-7,14H,(H2,12,13). The average molecular weight is 186 g/mol. The highest BCUT2D eigenvalue weighted by atomic mass is 16.3. The number of phenolic OH excluding ortho intramolecular Hbond substituents is 1. The van der Waals surface area contributed by atoms with E-state index in [4.69, 9.17) is 10.8 Å². The summed E-state index contributed by atoms with van der Waals surface area (Å²) < 4.78 is 0. The van der Waals surface area contributed by atoms with Gasteiger partial charge < -0.3 is 10.8 Å². The zero-order valence-corrected chi connectivity index (χ0v) is 7.51. The van der Waals surface area contributed by atoms with E-state index in [0.717, 1.165) is 11.3 Å². The minimum atomic E-state index is 0.248. The quantitative estimate of drug-likeness (QED) is 0.716. The maximum atomic E-state index is 9.11. The van der Waals surface area contributed by atoms with Crippen LogP contribution in [-0.4, -0.2) is 10.1 Å². The molecular formula is C11H10N2O. The highest BCUT2D eigenvalue weighted by Crippen LogP contribution is 2.20. The number of nitrogens with two attached hydrogens (primary N) is 1. The Hall–Kier alpha value is -2.03. The van der Waals surface area contributed by atoms with Gasteiger partial charge in [-0.05, 0) is 36.4 Å². The van der Waals surface area contributed by atoms with E-state index in [-0.39, 0.29) is 5.75 Å². The fourth-order valence-corrected chi connectivity index (χ4v) is 1.24. The number of benzene rings is 1. The summed E-state index contributed by atoms with van der Waals surface area (Å²) in [4.78, 5) is 4.17. The van der Waals surface area contributed by atoms with Gasteiger partial charge >= 0.3 is 0 Å². The van der Waals surface area contributed by atoms with Crippen molar-refractivity contribution in [2.45, 2.75) is 0 Å². The van der Waals surface area contributed by atoms with Crippen molar-refractivity contribution in [2.75, 3.05) is 5.73 Å². The molecule has 0 bridgehead atoms. The van der Waals surface area contributed by atoms with Gasteiger partial charge in [-0.1, -0.05) is 6.07 Å². The first-order valence-corrected chi connectivity index (χ1v) is 4.27. The van der Waals surface area contributed by atoms with E-state index in [1.807, 2.05) is 12.1 Å². The van der Waals surface area contributed by atoms with Gasteiger partial charge in [-0.15, -0.1) is 0 Å². The van der Waals surface area contributed by atoms with Crippen LogP contribution in [0.25, 0.3) is 11.3 Å². The number of hydrogen-bond donors (Lipinski definition) is 2. The van der Waals surface area contributed by atoms with Crippen LogP contribution in [0, 0.1) is 0 Å². The van der Waals surface area contributed by atoms with Crippen LogP contribution in [0.4, 0.5) is 5.82 Å². The number of aromatic hydroxyl groups is 1. The molecule has 0 radical (unpaired) electrons. The van der Waals surface area contributed by atoms with Crippen molar-refractivity contribution in [3.63, 3.8) is 0 Å². The van der Waals surface area contributed by atoms with Crippen molar-refractivity contribution in [1.82, 2.24) is 4.98 Å². The summed E-state index contributed by atoms with van der Waals surface area (Å²) in [6, 6.07) is 12.3. The SMILES string of the molecule is Nc1cccc(-c2ccc(O)cc2)n1. The van der Waals surface area contributed by atoms with Crippen LogP contribution in [0.5, 0.6) is 5.75 Å². The summed E-state index contributed by atoms with van der Waals surface area (Å²) in [6.45, 7) is 0. The molecule has 0 saturated heterocycles. The Balaban J connectivity index is 2.44. The van der Waals surface area contributed by atoms with E-state index < -0.39 is 0 Å². The summed E-state index contributed by atoms with van der Waals surface area (Å²) in [6.07, 6.45) is 0. The highest BCUT2D eigenvalue weighted by molar-refractivity contribution is 5.61. The smallest absolute Gasteiger partial charge is 0.124 e. The molecule has 0 aliphatic heterocycles. The third-order valence-electron chi connectivity index (χ3n) is 1.93. The molecule has 1 aromatic heterocycles. The van der Waals surface area contributed by atoms with Gasteiger partial charge in [-0.2, -0.15) is 0 Å². The zero-order valence-electron chi connectivity index (χ0n) is 7.51. The van der Waals surface area contributed by atoms with Gasteiger partial charge in [0, 0.05) is 5.56 Å². The summed E-state index contributed by atoms with van der Waals surface area (Å²) in [5.41, 5.74) is 7.32. The molecule has 0 amide bonds. The van der Waals surface area contributed by atoms with Crippen LogP contribution in [-0.2, 0) is 0 Å². The number of hydrogen-bond acceptors (Lipinski definition) is 3. The second-order valence-corrected chi connectivity index (χ2v) is 2.99. The molecule has 0 fully saturated rings. The fourth-order valence-electron chi connectivity index (χ4n) is 1.24. The van der Waals surface area contributed by atoms with Crippen molar-refractivity contribution in [1.29, 1.82) is 0 Å². The maximum absolute atomic E-state index is 9.11. The Morgan fingerprint density at radius 1 is 1.00 bits per heavy atom. The van der Waals surface area contributed by atoms with Crippen LogP contribution >= 0.6 is 0 Å². The number of nitrogen functional groups attached to an aromatic ring is 1. The monoisotopic (exact) mass is 186 g/mol. The lowest BCUT2D eigenvalue weighted by Crippen LogP contribution is -1.90. The van der Waals surface area contributed by atoms with E-state index in [0.29, 0.717) is 5.82 Å². The number of phenols is 1. The van der Waals surface area contributed by atoms with Gasteiger partial charge in [-0.25, -0.2) is 4.98 Å². The molecule has 1 heterocycles. The minimum absolute atomic E-state index is 0.248. The van der Waals surface area contributed by atoms with Crippen LogP contribution in [0.3, 0.4) is 0 Å². The Kier molecular flexibility index (Phi) is 2.07. The van der Waals surface area contributed by atoms with Crippen molar-refractivity contribution in [3.05, 3.63) is 42.5 Å². The van der Waals surface area contributed by atoms with E-state index in [9.17, 15) is 0 Å². The van der Waals surface area contributed by atoms with E-state index in [1.165, 1.54) is 0 Å². The van der Waals surface area contributed by atoms with Crippen LogP contribution in [0.1, 0.15) is 0 Å². The number of anilines is 1. The molecule has 0 atom stereocenters. The normalized spacial score (nSPS) is 10.0. The summed E-state index contributed by atoms with van der Waals surface area (Å²) in [7, 11) is 0. The van der Waals surface area contributed by atoms with Gasteiger partial charge in [0.25, 0.3) is 0 Å². The maximum Gasteiger partial charge on any atom is 0.124 e. The molecule has 0 saturated carbocycles. The summed E-state index contributed by atoms with van der Waals surface area (Å²) in [5.74, 6) is 0.744. The molecule has 2 rings (SSSR count). The van der Waals surface area contributed by atoms with E-state index >= 15 is 0 Å². The Labute approximate surface area is 81.8 Å². The first-order chi connectivity index (χ1) is 6.75. The number of rotatable bonds is 1. The fraction of sp³-hybridized carbons (Fsp3) is 0. The second kappa shape index (κ2) is 3.38. The molecule has 0 spiro atoms. The van der Waals surface area contributed by atoms with Crippen molar-refractivity contribution < 1.29 is 5.11 Å². The lowest BCUT2D eigenvalue weighted by atomic mass is 10.1. The lowest BCUT2D eigenvalue weighted by Gasteiger charge is -2.01. The highest BCUT2D eigenvalue weighted by Gasteiger charge is 1.98. The van der Waals surface area contributed by atoms with Gasteiger partial charge in [0.2, 0.25) is 0 Å². The van der Waals surface area contributed by atoms with Crippen LogP contribution < -0.4 is 5.73 Å². The van der Waals surface area contributed by atoms with E-state index in [2.05, 4.69) is 4.98 Å². The summed E-state index contributed by atoms with van der Waals surface area (Å²) in [5, 5.41) is 9.11. The molecule has 3 nitrogen and oxygen atoms in total. The first-order valence-electron chi connectivity index (χ1n) is 4.27. The van der Waals surface area contributed by atoms with Crippen LogP contribution in [0.15, 0.2) is 42.5 Å². The predicted octanol–water partition coefficient (Wildman–Crippen LogP) is 2.04. The van der Waals surface area contributed by atoms with E-state index in [1.54, 1.807) is 30.3 Å². The van der Waals surface area contributed by atoms with Gasteiger partial charge in [-0.3, -0.25) is 0 Å². The topological polar surface area (TPSA) is 59.1 Å². The zero-order chi connectivity index (χ0) is 9.97. The predicted molar refractivity (Wildman–Crippen MR) is 55.8 cm³/mol. The molecule has 0 aliphatic carbocycles. The second-order valence-electron chi connectivity index (χ2n) is 2.99. The molecule has 0 aliphatic rings. The molecule has 1 aromatic carbocycles. The molecule has 0 unspecified atom stereocenters. The average Bonchev–Trinajstić information content (AvgIpc) is 2.19. The lowest BCUT2D eigenvalue weighted by molar-refractivity contribution is 0.475. The van der Waals surface area contributed by atoms with Crippen molar-refractivity contribution >= 4 is 5.82 Å². The first kappa shape index (κ1) is 8.56. The molecule has 3 heteroatoms. The number of pyridine rings is 1. The molecular weight excluding hydrogens is 176 g/mol. The van der Waals surface area contributed by atoms with Gasteiger partial charge in [0.1, 0.15) is 11.6 Å². The third kappa shape index (κ3) is 1.66. The Bertz CT molecular complexity index is 437.